The average Bonchev–Trinajstić information content (AvgIpc) is 2.92. The van der Waals surface area contributed by atoms with E-state index < -0.39 is 0 Å². The number of fused-ring (bicyclic) bond motifs is 3. The van der Waals surface area contributed by atoms with Crippen molar-refractivity contribution in [1.29, 1.82) is 0 Å². The van der Waals surface area contributed by atoms with Crippen molar-refractivity contribution in [2.45, 2.75) is 33.2 Å². The van der Waals surface area contributed by atoms with E-state index in [0.29, 0.717) is 0 Å². The topological polar surface area (TPSA) is 21.1 Å². The summed E-state index contributed by atoms with van der Waals surface area (Å²) in [6.07, 6.45) is 8.20. The van der Waals surface area contributed by atoms with Crippen LogP contribution in [0.15, 0.2) is 42.7 Å². The number of aryl methyl sites for hydroxylation is 1. The van der Waals surface area contributed by atoms with Gasteiger partial charge in [-0.25, -0.2) is 0 Å². The molecule has 3 nitrogen and oxygen atoms in total. The molecule has 1 aromatic carbocycles. The molecule has 3 heterocycles. The van der Waals surface area contributed by atoms with Gasteiger partial charge in [-0.2, -0.15) is 0 Å². The highest BCUT2D eigenvalue weighted by atomic mass is 15.1. The van der Waals surface area contributed by atoms with Crippen LogP contribution in [-0.4, -0.2) is 28.0 Å². The van der Waals surface area contributed by atoms with Crippen molar-refractivity contribution in [2.75, 3.05) is 13.6 Å². The molecule has 0 amide bonds. The Hall–Kier alpha value is -2.39. The lowest BCUT2D eigenvalue weighted by Crippen LogP contribution is -2.26. The maximum absolute atomic E-state index is 4.16. The zero-order valence-corrected chi connectivity index (χ0v) is 15.3. The summed E-state index contributed by atoms with van der Waals surface area (Å²) in [6.45, 7) is 6.56. The molecule has 3 aromatic rings. The maximum atomic E-state index is 4.16. The molecule has 0 fully saturated rings. The molecule has 0 aliphatic carbocycles. The summed E-state index contributed by atoms with van der Waals surface area (Å²) in [4.78, 5) is 6.58. The highest BCUT2D eigenvalue weighted by Gasteiger charge is 2.22. The van der Waals surface area contributed by atoms with Gasteiger partial charge in [-0.3, -0.25) is 4.98 Å². The van der Waals surface area contributed by atoms with Gasteiger partial charge < -0.3 is 9.47 Å². The van der Waals surface area contributed by atoms with Gasteiger partial charge in [0.25, 0.3) is 0 Å². The van der Waals surface area contributed by atoms with Crippen LogP contribution in [-0.2, 0) is 13.0 Å². The fourth-order valence-corrected chi connectivity index (χ4v) is 3.88. The predicted molar refractivity (Wildman–Crippen MR) is 105 cm³/mol. The molecule has 0 saturated carbocycles. The number of nitrogens with zero attached hydrogens (tertiary/aromatic N) is 3. The van der Waals surface area contributed by atoms with E-state index in [4.69, 9.17) is 0 Å². The van der Waals surface area contributed by atoms with Crippen molar-refractivity contribution in [1.82, 2.24) is 14.5 Å². The number of allylic oxidation sites excluding steroid dienone is 1. The minimum absolute atomic E-state index is 1.00. The Morgan fingerprint density at radius 2 is 2.00 bits per heavy atom. The van der Waals surface area contributed by atoms with Crippen LogP contribution in [0.2, 0.25) is 0 Å². The van der Waals surface area contributed by atoms with Gasteiger partial charge >= 0.3 is 0 Å². The predicted octanol–water partition coefficient (Wildman–Crippen LogP) is 4.74. The SMILES string of the molecule is CC/C(=C/n1c2c(c3cc(C)ccc31)CN(C)CC2)c1ccncc1. The molecular weight excluding hydrogens is 306 g/mol. The summed E-state index contributed by atoms with van der Waals surface area (Å²) in [5, 5.41) is 1.41. The van der Waals surface area contributed by atoms with E-state index >= 15 is 0 Å². The van der Waals surface area contributed by atoms with Crippen molar-refractivity contribution in [2.24, 2.45) is 0 Å². The zero-order chi connectivity index (χ0) is 17.4. The number of rotatable bonds is 3. The number of pyridine rings is 1. The molecule has 1 aliphatic rings. The Morgan fingerprint density at radius 3 is 2.76 bits per heavy atom. The third kappa shape index (κ3) is 2.89. The van der Waals surface area contributed by atoms with Crippen molar-refractivity contribution in [3.63, 3.8) is 0 Å². The Kier molecular flexibility index (Phi) is 4.18. The van der Waals surface area contributed by atoms with Crippen LogP contribution < -0.4 is 0 Å². The first-order valence-corrected chi connectivity index (χ1v) is 9.09. The van der Waals surface area contributed by atoms with Gasteiger partial charge in [0.2, 0.25) is 0 Å². The van der Waals surface area contributed by atoms with Crippen LogP contribution in [0.5, 0.6) is 0 Å². The van der Waals surface area contributed by atoms with Crippen LogP contribution in [0, 0.1) is 6.92 Å². The number of hydrogen-bond donors (Lipinski definition) is 0. The monoisotopic (exact) mass is 331 g/mol. The lowest BCUT2D eigenvalue weighted by Gasteiger charge is -2.23. The molecule has 128 valence electrons. The van der Waals surface area contributed by atoms with Crippen molar-refractivity contribution < 1.29 is 0 Å². The zero-order valence-electron chi connectivity index (χ0n) is 15.3. The fourth-order valence-electron chi connectivity index (χ4n) is 3.88. The Bertz CT molecular complexity index is 935. The molecule has 3 heteroatoms. The summed E-state index contributed by atoms with van der Waals surface area (Å²) in [7, 11) is 2.21. The molecule has 1 aliphatic heterocycles. The van der Waals surface area contributed by atoms with E-state index in [2.05, 4.69) is 71.9 Å². The van der Waals surface area contributed by atoms with Crippen molar-refractivity contribution in [3.05, 3.63) is 65.1 Å². The van der Waals surface area contributed by atoms with Crippen LogP contribution in [0.1, 0.15) is 35.7 Å². The van der Waals surface area contributed by atoms with Gasteiger partial charge in [0.15, 0.2) is 0 Å². The molecule has 0 radical (unpaired) electrons. The summed E-state index contributed by atoms with van der Waals surface area (Å²) >= 11 is 0. The highest BCUT2D eigenvalue weighted by molar-refractivity contribution is 5.90. The third-order valence-corrected chi connectivity index (χ3v) is 5.25. The van der Waals surface area contributed by atoms with Gasteiger partial charge in [0.05, 0.1) is 5.52 Å². The van der Waals surface area contributed by atoms with Crippen molar-refractivity contribution in [3.8, 4) is 0 Å². The molecule has 0 atom stereocenters. The molecule has 0 N–H and O–H groups in total. The minimum Gasteiger partial charge on any atom is -0.320 e. The molecule has 0 bridgehead atoms. The van der Waals surface area contributed by atoms with Crippen LogP contribution in [0.3, 0.4) is 0 Å². The van der Waals surface area contributed by atoms with Crippen LogP contribution in [0.4, 0.5) is 0 Å². The summed E-state index contributed by atoms with van der Waals surface area (Å²) in [6, 6.07) is 11.0. The van der Waals surface area contributed by atoms with E-state index in [1.165, 1.54) is 38.9 Å². The van der Waals surface area contributed by atoms with E-state index in [-0.39, 0.29) is 0 Å². The third-order valence-electron chi connectivity index (χ3n) is 5.25. The largest absolute Gasteiger partial charge is 0.320 e. The standard InChI is InChI=1S/C22H25N3/c1-4-17(18-7-10-23-11-8-18)14-25-21-6-5-16(2)13-19(21)20-15-24(3)12-9-22(20)25/h5-8,10-11,13-14H,4,9,12,15H2,1-3H3/b17-14-. The Labute approximate surface area is 149 Å². The molecule has 2 aromatic heterocycles. The summed E-state index contributed by atoms with van der Waals surface area (Å²) in [5.74, 6) is 0. The Morgan fingerprint density at radius 1 is 1.20 bits per heavy atom. The summed E-state index contributed by atoms with van der Waals surface area (Å²) in [5.41, 5.74) is 8.22. The summed E-state index contributed by atoms with van der Waals surface area (Å²) < 4.78 is 2.44. The average molecular weight is 331 g/mol. The highest BCUT2D eigenvalue weighted by Crippen LogP contribution is 2.33. The molecule has 4 rings (SSSR count). The van der Waals surface area contributed by atoms with Crippen molar-refractivity contribution >= 4 is 22.7 Å². The normalized spacial score (nSPS) is 15.6. The van der Waals surface area contributed by atoms with E-state index in [0.717, 1.165) is 25.9 Å². The number of benzene rings is 1. The number of likely N-dealkylation sites (N-methyl/N-ethyl adjacent to an activating group) is 1. The first-order valence-electron chi connectivity index (χ1n) is 9.09. The van der Waals surface area contributed by atoms with Gasteiger partial charge in [-0.15, -0.1) is 0 Å². The second kappa shape index (κ2) is 6.49. The smallest absolute Gasteiger partial charge is 0.0529 e. The number of aromatic nitrogens is 2. The second-order valence-electron chi connectivity index (χ2n) is 7.05. The molecule has 0 unspecified atom stereocenters. The van der Waals surface area contributed by atoms with E-state index in [9.17, 15) is 0 Å². The number of hydrogen-bond acceptors (Lipinski definition) is 2. The minimum atomic E-state index is 1.00. The van der Waals surface area contributed by atoms with Crippen LogP contribution in [0.25, 0.3) is 22.7 Å². The first kappa shape index (κ1) is 16.1. The van der Waals surface area contributed by atoms with E-state index in [1.807, 2.05) is 12.4 Å². The lowest BCUT2D eigenvalue weighted by atomic mass is 10.0. The Balaban J connectivity index is 1.94. The van der Waals surface area contributed by atoms with Gasteiger partial charge in [-0.05, 0) is 61.4 Å². The molecule has 25 heavy (non-hydrogen) atoms. The second-order valence-corrected chi connectivity index (χ2v) is 7.05. The molecule has 0 spiro atoms. The van der Waals surface area contributed by atoms with Crippen LogP contribution >= 0.6 is 0 Å². The maximum Gasteiger partial charge on any atom is 0.0529 e. The van der Waals surface area contributed by atoms with E-state index in [1.54, 1.807) is 0 Å². The first-order chi connectivity index (χ1) is 12.2. The molecule has 0 saturated heterocycles. The molecular formula is C22H25N3. The van der Waals surface area contributed by atoms with Gasteiger partial charge in [0.1, 0.15) is 0 Å². The van der Waals surface area contributed by atoms with Gasteiger partial charge in [-0.1, -0.05) is 18.6 Å². The quantitative estimate of drug-likeness (QED) is 0.691. The lowest BCUT2D eigenvalue weighted by molar-refractivity contribution is 0.312. The van der Waals surface area contributed by atoms with Gasteiger partial charge in [0, 0.05) is 49.2 Å². The fraction of sp³-hybridized carbons (Fsp3) is 0.318.